The van der Waals surface area contributed by atoms with Crippen LogP contribution in [0.5, 0.6) is 0 Å². The maximum atomic E-state index is 13.4. The summed E-state index contributed by atoms with van der Waals surface area (Å²) in [5.74, 6) is 0.568. The van der Waals surface area contributed by atoms with E-state index in [0.717, 1.165) is 29.5 Å². The molecule has 0 amide bonds. The number of fused-ring (bicyclic) bond motifs is 4. The van der Waals surface area contributed by atoms with Gasteiger partial charge in [-0.15, -0.1) is 17.9 Å². The summed E-state index contributed by atoms with van der Waals surface area (Å²) in [6.45, 7) is 6.18. The number of aryl methyl sites for hydroxylation is 2. The van der Waals surface area contributed by atoms with Crippen LogP contribution in [0.2, 0.25) is 0 Å². The number of hydrogen-bond acceptors (Lipinski definition) is 6. The van der Waals surface area contributed by atoms with E-state index >= 15 is 0 Å². The normalized spacial score (nSPS) is 14.6. The van der Waals surface area contributed by atoms with Crippen LogP contribution < -0.4 is 11.1 Å². The molecule has 1 atom stereocenters. The molecule has 5 rings (SSSR count). The minimum absolute atomic E-state index is 0.000959. The molecule has 0 saturated carbocycles. The van der Waals surface area contributed by atoms with Gasteiger partial charge in [-0.05, 0) is 50.3 Å². The molecule has 1 unspecified atom stereocenters. The van der Waals surface area contributed by atoms with E-state index in [1.54, 1.807) is 28.0 Å². The Hall–Kier alpha value is -2.71. The average Bonchev–Trinajstić information content (AvgIpc) is 3.15. The summed E-state index contributed by atoms with van der Waals surface area (Å²) in [6, 6.07) is 7.29. The van der Waals surface area contributed by atoms with Crippen molar-refractivity contribution in [2.45, 2.75) is 49.6 Å². The summed E-state index contributed by atoms with van der Waals surface area (Å²) < 4.78 is 1.69. The lowest BCUT2D eigenvalue weighted by molar-refractivity contribution is 0.666. The van der Waals surface area contributed by atoms with E-state index in [0.29, 0.717) is 28.4 Å². The minimum Gasteiger partial charge on any atom is -0.309 e. The minimum atomic E-state index is -0.188. The topological polar surface area (TPSA) is 80.6 Å². The van der Waals surface area contributed by atoms with Crippen LogP contribution in [0.1, 0.15) is 41.3 Å². The van der Waals surface area contributed by atoms with Crippen LogP contribution in [0.25, 0.3) is 21.1 Å². The van der Waals surface area contributed by atoms with Crippen molar-refractivity contribution in [2.24, 2.45) is 0 Å². The maximum absolute atomic E-state index is 13.4. The standard InChI is InChI=1S/C23H22N4O2S2/c1-3-12-27-22(29)18-15-9-5-7-11-17(15)31-21(18)26-23(27)30-13(2)19-24-16-10-6-4-8-14(16)20(28)25-19/h3-4,6,8,10,13H,1,5,7,9,11-12H2,2H3,(H,24,25,28). The number of rotatable bonds is 5. The predicted octanol–water partition coefficient (Wildman–Crippen LogP) is 4.61. The molecule has 4 aromatic rings. The van der Waals surface area contributed by atoms with Gasteiger partial charge >= 0.3 is 0 Å². The number of thiophene rings is 1. The van der Waals surface area contributed by atoms with Gasteiger partial charge in [0.1, 0.15) is 10.7 Å². The van der Waals surface area contributed by atoms with Crippen LogP contribution >= 0.6 is 23.1 Å². The Morgan fingerprint density at radius 2 is 2.06 bits per heavy atom. The average molecular weight is 451 g/mol. The number of H-pyrrole nitrogens is 1. The largest absolute Gasteiger partial charge is 0.309 e. The van der Waals surface area contributed by atoms with Gasteiger partial charge in [0.2, 0.25) is 0 Å². The van der Waals surface area contributed by atoms with Gasteiger partial charge in [0.25, 0.3) is 11.1 Å². The third kappa shape index (κ3) is 3.53. The highest BCUT2D eigenvalue weighted by Crippen LogP contribution is 2.37. The third-order valence-electron chi connectivity index (χ3n) is 5.65. The van der Waals surface area contributed by atoms with E-state index in [1.165, 1.54) is 28.6 Å². The van der Waals surface area contributed by atoms with Crippen molar-refractivity contribution in [2.75, 3.05) is 0 Å². The van der Waals surface area contributed by atoms with E-state index in [2.05, 4.69) is 16.5 Å². The maximum Gasteiger partial charge on any atom is 0.263 e. The van der Waals surface area contributed by atoms with Crippen LogP contribution in [0.3, 0.4) is 0 Å². The van der Waals surface area contributed by atoms with E-state index < -0.39 is 0 Å². The molecule has 0 radical (unpaired) electrons. The highest BCUT2D eigenvalue weighted by Gasteiger charge is 2.23. The number of aromatic nitrogens is 4. The van der Waals surface area contributed by atoms with E-state index in [-0.39, 0.29) is 16.4 Å². The number of hydrogen-bond donors (Lipinski definition) is 1. The summed E-state index contributed by atoms with van der Waals surface area (Å²) in [5.41, 5.74) is 1.68. The molecule has 0 bridgehead atoms. The molecule has 158 valence electrons. The quantitative estimate of drug-likeness (QED) is 0.273. The van der Waals surface area contributed by atoms with Crippen LogP contribution in [-0.4, -0.2) is 19.5 Å². The Kier molecular flexibility index (Phi) is 5.27. The molecular weight excluding hydrogens is 428 g/mol. The molecule has 0 saturated heterocycles. The first-order chi connectivity index (χ1) is 15.1. The Morgan fingerprint density at radius 3 is 2.90 bits per heavy atom. The fraction of sp³-hybridized carbons (Fsp3) is 0.304. The zero-order valence-electron chi connectivity index (χ0n) is 17.2. The Bertz CT molecular complexity index is 1430. The second-order valence-electron chi connectivity index (χ2n) is 7.72. The van der Waals surface area contributed by atoms with E-state index in [1.807, 2.05) is 25.1 Å². The van der Waals surface area contributed by atoms with Gasteiger partial charge in [-0.25, -0.2) is 9.97 Å². The number of nitrogens with one attached hydrogen (secondary N) is 1. The second kappa shape index (κ2) is 8.09. The van der Waals surface area contributed by atoms with Crippen molar-refractivity contribution in [3.8, 4) is 0 Å². The third-order valence-corrected chi connectivity index (χ3v) is 7.93. The zero-order valence-corrected chi connectivity index (χ0v) is 18.8. The predicted molar refractivity (Wildman–Crippen MR) is 127 cm³/mol. The number of benzene rings is 1. The first-order valence-electron chi connectivity index (χ1n) is 10.4. The van der Waals surface area contributed by atoms with Crippen molar-refractivity contribution in [3.63, 3.8) is 0 Å². The monoisotopic (exact) mass is 450 g/mol. The zero-order chi connectivity index (χ0) is 21.5. The summed E-state index contributed by atoms with van der Waals surface area (Å²) >= 11 is 3.08. The molecule has 1 aliphatic carbocycles. The molecule has 3 aromatic heterocycles. The van der Waals surface area contributed by atoms with Gasteiger partial charge in [-0.3, -0.25) is 14.2 Å². The SMILES string of the molecule is C=CCn1c(SC(C)c2nc3ccccc3c(=O)[nH]2)nc2sc3c(c2c1=O)CCCC3. The molecular formula is C23H22N4O2S2. The lowest BCUT2D eigenvalue weighted by Gasteiger charge is -2.15. The van der Waals surface area contributed by atoms with Crippen molar-refractivity contribution in [3.05, 3.63) is 73.9 Å². The van der Waals surface area contributed by atoms with Gasteiger partial charge in [-0.2, -0.15) is 0 Å². The van der Waals surface area contributed by atoms with Crippen LogP contribution in [0, 0.1) is 0 Å². The van der Waals surface area contributed by atoms with Crippen LogP contribution in [0.15, 0.2) is 51.7 Å². The van der Waals surface area contributed by atoms with Gasteiger partial charge in [0.15, 0.2) is 5.16 Å². The number of allylic oxidation sites excluding steroid dienone is 1. The van der Waals surface area contributed by atoms with E-state index in [4.69, 9.17) is 4.98 Å². The highest BCUT2D eigenvalue weighted by molar-refractivity contribution is 7.99. The molecule has 1 N–H and O–H groups in total. The van der Waals surface area contributed by atoms with Crippen LogP contribution in [-0.2, 0) is 19.4 Å². The number of para-hydroxylation sites is 1. The molecule has 1 aromatic carbocycles. The van der Waals surface area contributed by atoms with Gasteiger partial charge < -0.3 is 4.98 Å². The summed E-state index contributed by atoms with van der Waals surface area (Å²) in [4.78, 5) is 40.4. The number of aromatic amines is 1. The summed E-state index contributed by atoms with van der Waals surface area (Å²) in [6.07, 6.45) is 5.98. The first kappa shape index (κ1) is 20.2. The van der Waals surface area contributed by atoms with Gasteiger partial charge in [-0.1, -0.05) is 30.0 Å². The Labute approximate surface area is 187 Å². The van der Waals surface area contributed by atoms with Gasteiger partial charge in [0, 0.05) is 11.4 Å². The highest BCUT2D eigenvalue weighted by atomic mass is 32.2. The number of nitrogens with zero attached hydrogens (tertiary/aromatic N) is 3. The number of thioether (sulfide) groups is 1. The lowest BCUT2D eigenvalue weighted by Crippen LogP contribution is -2.23. The van der Waals surface area contributed by atoms with Crippen molar-refractivity contribution >= 4 is 44.2 Å². The van der Waals surface area contributed by atoms with Crippen LogP contribution in [0.4, 0.5) is 0 Å². The first-order valence-corrected chi connectivity index (χ1v) is 12.1. The fourth-order valence-electron chi connectivity index (χ4n) is 4.11. The molecule has 31 heavy (non-hydrogen) atoms. The smallest absolute Gasteiger partial charge is 0.263 e. The van der Waals surface area contributed by atoms with Crippen molar-refractivity contribution < 1.29 is 0 Å². The summed E-state index contributed by atoms with van der Waals surface area (Å²) in [5, 5.41) is 1.78. The molecule has 0 aliphatic heterocycles. The molecule has 0 fully saturated rings. The summed E-state index contributed by atoms with van der Waals surface area (Å²) in [7, 11) is 0. The van der Waals surface area contributed by atoms with Crippen molar-refractivity contribution in [1.29, 1.82) is 0 Å². The molecule has 1 aliphatic rings. The molecule has 0 spiro atoms. The fourth-order valence-corrected chi connectivity index (χ4v) is 6.39. The van der Waals surface area contributed by atoms with E-state index in [9.17, 15) is 9.59 Å². The van der Waals surface area contributed by atoms with Gasteiger partial charge in [0.05, 0.1) is 21.5 Å². The van der Waals surface area contributed by atoms with Crippen molar-refractivity contribution in [1.82, 2.24) is 19.5 Å². The molecule has 6 nitrogen and oxygen atoms in total. The lowest BCUT2D eigenvalue weighted by atomic mass is 9.97. The molecule has 8 heteroatoms. The molecule has 3 heterocycles. The Balaban J connectivity index is 1.59. The Morgan fingerprint density at radius 1 is 1.26 bits per heavy atom. The second-order valence-corrected chi connectivity index (χ2v) is 10.1.